The van der Waals surface area contributed by atoms with Gasteiger partial charge in [0, 0.05) is 31.7 Å². The smallest absolute Gasteiger partial charge is 0.0995 e. The maximum atomic E-state index is 9.35. The van der Waals surface area contributed by atoms with Crippen LogP contribution in [-0.2, 0) is 0 Å². The standard InChI is InChI=1S/C16H21N3S/c17-11-13-3-1-2-4-15(13)16-12-18-7-8-19(16)14-5-9-20-10-6-14/h1-4,14,16,18H,5-10,12H2. The number of nitrogens with one attached hydrogen (secondary N) is 1. The van der Waals surface area contributed by atoms with E-state index in [4.69, 9.17) is 0 Å². The number of hydrogen-bond donors (Lipinski definition) is 1. The Kier molecular flexibility index (Phi) is 4.62. The highest BCUT2D eigenvalue weighted by Gasteiger charge is 2.31. The molecule has 1 unspecified atom stereocenters. The number of nitrogens with zero attached hydrogens (tertiary/aromatic N) is 2. The van der Waals surface area contributed by atoms with Crippen LogP contribution < -0.4 is 5.32 Å². The normalized spacial score (nSPS) is 25.2. The van der Waals surface area contributed by atoms with Crippen molar-refractivity contribution in [1.29, 1.82) is 5.26 Å². The fourth-order valence-corrected chi connectivity index (χ4v) is 4.43. The van der Waals surface area contributed by atoms with Crippen LogP contribution in [0.3, 0.4) is 0 Å². The molecule has 0 spiro atoms. The zero-order chi connectivity index (χ0) is 13.8. The van der Waals surface area contributed by atoms with E-state index in [0.29, 0.717) is 12.1 Å². The summed E-state index contributed by atoms with van der Waals surface area (Å²) < 4.78 is 0. The summed E-state index contributed by atoms with van der Waals surface area (Å²) in [6, 6.07) is 11.5. The molecule has 0 bridgehead atoms. The lowest BCUT2D eigenvalue weighted by molar-refractivity contribution is 0.0995. The molecule has 106 valence electrons. The van der Waals surface area contributed by atoms with Crippen molar-refractivity contribution in [3.05, 3.63) is 35.4 Å². The van der Waals surface area contributed by atoms with Gasteiger partial charge in [-0.25, -0.2) is 0 Å². The molecule has 2 heterocycles. The SMILES string of the molecule is N#Cc1ccccc1C1CNCCN1C1CCSCC1. The summed E-state index contributed by atoms with van der Waals surface area (Å²) in [5, 5.41) is 12.9. The molecule has 1 aromatic rings. The molecule has 1 aromatic carbocycles. The zero-order valence-corrected chi connectivity index (χ0v) is 12.5. The molecular formula is C16H21N3S. The van der Waals surface area contributed by atoms with Gasteiger partial charge in [0.25, 0.3) is 0 Å². The van der Waals surface area contributed by atoms with Crippen molar-refractivity contribution in [2.75, 3.05) is 31.1 Å². The van der Waals surface area contributed by atoms with E-state index in [9.17, 15) is 5.26 Å². The average Bonchev–Trinajstić information content (AvgIpc) is 2.55. The number of thioether (sulfide) groups is 1. The van der Waals surface area contributed by atoms with Crippen LogP contribution in [0.2, 0.25) is 0 Å². The zero-order valence-electron chi connectivity index (χ0n) is 11.7. The van der Waals surface area contributed by atoms with E-state index in [1.807, 2.05) is 12.1 Å². The van der Waals surface area contributed by atoms with Gasteiger partial charge in [-0.1, -0.05) is 18.2 Å². The molecule has 2 aliphatic rings. The van der Waals surface area contributed by atoms with Crippen molar-refractivity contribution in [3.8, 4) is 6.07 Å². The Hall–Kier alpha value is -1.02. The summed E-state index contributed by atoms with van der Waals surface area (Å²) in [4.78, 5) is 2.65. The Labute approximate surface area is 125 Å². The lowest BCUT2D eigenvalue weighted by Crippen LogP contribution is -2.51. The van der Waals surface area contributed by atoms with Gasteiger partial charge in [-0.2, -0.15) is 17.0 Å². The van der Waals surface area contributed by atoms with E-state index in [1.165, 1.54) is 29.9 Å². The lowest BCUT2D eigenvalue weighted by Gasteiger charge is -2.43. The van der Waals surface area contributed by atoms with E-state index in [2.05, 4.69) is 40.2 Å². The van der Waals surface area contributed by atoms with Crippen LogP contribution in [0.4, 0.5) is 0 Å². The van der Waals surface area contributed by atoms with Crippen molar-refractivity contribution < 1.29 is 0 Å². The van der Waals surface area contributed by atoms with Gasteiger partial charge >= 0.3 is 0 Å². The first-order valence-electron chi connectivity index (χ1n) is 7.43. The van der Waals surface area contributed by atoms with Crippen molar-refractivity contribution >= 4 is 11.8 Å². The lowest BCUT2D eigenvalue weighted by atomic mass is 9.95. The van der Waals surface area contributed by atoms with Crippen molar-refractivity contribution in [1.82, 2.24) is 10.2 Å². The molecule has 4 heteroatoms. The van der Waals surface area contributed by atoms with E-state index in [-0.39, 0.29) is 0 Å². The molecule has 20 heavy (non-hydrogen) atoms. The van der Waals surface area contributed by atoms with Crippen molar-refractivity contribution in [2.24, 2.45) is 0 Å². The second-order valence-electron chi connectivity index (χ2n) is 5.50. The third-order valence-electron chi connectivity index (χ3n) is 4.38. The van der Waals surface area contributed by atoms with Crippen molar-refractivity contribution in [2.45, 2.75) is 24.9 Å². The van der Waals surface area contributed by atoms with Gasteiger partial charge in [0.15, 0.2) is 0 Å². The summed E-state index contributed by atoms with van der Waals surface area (Å²) in [5.41, 5.74) is 2.02. The minimum atomic E-state index is 0.354. The van der Waals surface area contributed by atoms with Crippen LogP contribution in [0.5, 0.6) is 0 Å². The third-order valence-corrected chi connectivity index (χ3v) is 5.43. The predicted octanol–water partition coefficient (Wildman–Crippen LogP) is 2.40. The molecule has 0 aromatic heterocycles. The van der Waals surface area contributed by atoms with Crippen molar-refractivity contribution in [3.63, 3.8) is 0 Å². The number of hydrogen-bond acceptors (Lipinski definition) is 4. The van der Waals surface area contributed by atoms with E-state index in [0.717, 1.165) is 25.2 Å². The van der Waals surface area contributed by atoms with Gasteiger partial charge in [-0.3, -0.25) is 4.90 Å². The summed E-state index contributed by atoms with van der Waals surface area (Å²) in [7, 11) is 0. The van der Waals surface area contributed by atoms with Crippen LogP contribution in [0, 0.1) is 11.3 Å². The topological polar surface area (TPSA) is 39.1 Å². The number of rotatable bonds is 2. The Bertz CT molecular complexity index is 491. The first kappa shape index (κ1) is 13.9. The largest absolute Gasteiger partial charge is 0.314 e. The van der Waals surface area contributed by atoms with Gasteiger partial charge in [-0.15, -0.1) is 0 Å². The van der Waals surface area contributed by atoms with Crippen LogP contribution in [0.15, 0.2) is 24.3 Å². The van der Waals surface area contributed by atoms with Gasteiger partial charge in [0.1, 0.15) is 0 Å². The van der Waals surface area contributed by atoms with Crippen LogP contribution >= 0.6 is 11.8 Å². The molecule has 1 N–H and O–H groups in total. The Morgan fingerprint density at radius 3 is 2.85 bits per heavy atom. The molecule has 3 rings (SSSR count). The minimum absolute atomic E-state index is 0.354. The summed E-state index contributed by atoms with van der Waals surface area (Å²) in [6.45, 7) is 3.12. The van der Waals surface area contributed by atoms with Gasteiger partial charge in [0.05, 0.1) is 11.6 Å². The Morgan fingerprint density at radius 1 is 1.25 bits per heavy atom. The van der Waals surface area contributed by atoms with Crippen LogP contribution in [0.1, 0.15) is 30.0 Å². The Balaban J connectivity index is 1.86. The molecule has 2 fully saturated rings. The second-order valence-corrected chi connectivity index (χ2v) is 6.73. The molecular weight excluding hydrogens is 266 g/mol. The molecule has 0 aliphatic carbocycles. The number of piperazine rings is 1. The van der Waals surface area contributed by atoms with Gasteiger partial charge < -0.3 is 5.32 Å². The molecule has 0 amide bonds. The first-order chi connectivity index (χ1) is 9.90. The molecule has 2 aliphatic heterocycles. The molecule has 1 atom stereocenters. The Morgan fingerprint density at radius 2 is 2.05 bits per heavy atom. The molecule has 0 radical (unpaired) electrons. The predicted molar refractivity (Wildman–Crippen MR) is 83.8 cm³/mol. The van der Waals surface area contributed by atoms with Gasteiger partial charge in [-0.05, 0) is 36.0 Å². The number of benzene rings is 1. The average molecular weight is 287 g/mol. The highest BCUT2D eigenvalue weighted by Crippen LogP contribution is 2.31. The number of nitriles is 1. The first-order valence-corrected chi connectivity index (χ1v) is 8.59. The van der Waals surface area contributed by atoms with E-state index in [1.54, 1.807) is 0 Å². The fraction of sp³-hybridized carbons (Fsp3) is 0.562. The summed E-state index contributed by atoms with van der Waals surface area (Å²) in [5.74, 6) is 2.56. The maximum absolute atomic E-state index is 9.35. The summed E-state index contributed by atoms with van der Waals surface area (Å²) in [6.07, 6.45) is 2.58. The highest BCUT2D eigenvalue weighted by atomic mass is 32.2. The van der Waals surface area contributed by atoms with E-state index >= 15 is 0 Å². The fourth-order valence-electron chi connectivity index (χ4n) is 3.35. The third kappa shape index (κ3) is 2.85. The van der Waals surface area contributed by atoms with E-state index < -0.39 is 0 Å². The quantitative estimate of drug-likeness (QED) is 0.906. The molecule has 2 saturated heterocycles. The second kappa shape index (κ2) is 6.62. The molecule has 3 nitrogen and oxygen atoms in total. The summed E-state index contributed by atoms with van der Waals surface area (Å²) >= 11 is 2.07. The molecule has 0 saturated carbocycles. The monoisotopic (exact) mass is 287 g/mol. The van der Waals surface area contributed by atoms with Crippen LogP contribution in [-0.4, -0.2) is 42.1 Å². The minimum Gasteiger partial charge on any atom is -0.314 e. The maximum Gasteiger partial charge on any atom is 0.0995 e. The van der Waals surface area contributed by atoms with Crippen LogP contribution in [0.25, 0.3) is 0 Å². The highest BCUT2D eigenvalue weighted by molar-refractivity contribution is 7.99. The van der Waals surface area contributed by atoms with Gasteiger partial charge in [0.2, 0.25) is 0 Å².